The molecule has 1 aromatic rings. The number of hydrogen-bond donors (Lipinski definition) is 1. The fourth-order valence-corrected chi connectivity index (χ4v) is 3.36. The molecule has 0 aliphatic carbocycles. The Morgan fingerprint density at radius 2 is 2.10 bits per heavy atom. The number of aromatic nitrogens is 2. The zero-order valence-corrected chi connectivity index (χ0v) is 12.0. The molecule has 118 valence electrons. The van der Waals surface area contributed by atoms with Crippen LogP contribution in [0.15, 0.2) is 22.4 Å². The molecule has 0 spiro atoms. The minimum atomic E-state index is -5.18. The molecule has 2 rings (SSSR count). The monoisotopic (exact) mass is 326 g/mol. The van der Waals surface area contributed by atoms with Gasteiger partial charge in [0.25, 0.3) is 15.7 Å². The quantitative estimate of drug-likeness (QED) is 0.895. The van der Waals surface area contributed by atoms with Crippen molar-refractivity contribution in [3.63, 3.8) is 0 Å². The van der Waals surface area contributed by atoms with E-state index in [1.807, 2.05) is 0 Å². The van der Waals surface area contributed by atoms with Crippen LogP contribution in [0.4, 0.5) is 13.2 Å². The summed E-state index contributed by atoms with van der Waals surface area (Å²) >= 11 is 0. The Kier molecular flexibility index (Phi) is 3.53. The number of hydrogen-bond acceptors (Lipinski definition) is 5. The molecule has 0 amide bonds. The smallest absolute Gasteiger partial charge is 0.361 e. The van der Waals surface area contributed by atoms with Crippen LogP contribution in [0, 0.1) is 0 Å². The predicted octanol–water partition coefficient (Wildman–Crippen LogP) is 0.924. The van der Waals surface area contributed by atoms with Gasteiger partial charge in [0.15, 0.2) is 0 Å². The topological polar surface area (TPSA) is 87.8 Å². The predicted molar refractivity (Wildman–Crippen MR) is 65.7 cm³/mol. The molecule has 21 heavy (non-hydrogen) atoms. The first-order chi connectivity index (χ1) is 9.52. The standard InChI is InChI=1S/C10H13F3N4O3S/c1-3-16-6-8(5-14-16)21(19,20)17-9(18,10(11,12)13)4-7(2)15-17/h5-6,18H,3-4H2,1-2H3/t9-/m0/s1. The van der Waals surface area contributed by atoms with E-state index in [-0.39, 0.29) is 10.1 Å². The van der Waals surface area contributed by atoms with Gasteiger partial charge in [-0.1, -0.05) is 0 Å². The number of halogens is 3. The summed E-state index contributed by atoms with van der Waals surface area (Å²) in [5.74, 6) is 0. The number of alkyl halides is 3. The van der Waals surface area contributed by atoms with Crippen molar-refractivity contribution in [2.75, 3.05) is 0 Å². The van der Waals surface area contributed by atoms with Crippen molar-refractivity contribution in [2.45, 2.75) is 43.6 Å². The summed E-state index contributed by atoms with van der Waals surface area (Å²) in [6.07, 6.45) is -4.12. The summed E-state index contributed by atoms with van der Waals surface area (Å²) in [7, 11) is -4.66. The largest absolute Gasteiger partial charge is 0.439 e. The van der Waals surface area contributed by atoms with Crippen molar-refractivity contribution in [1.82, 2.24) is 14.2 Å². The first kappa shape index (κ1) is 15.8. The molecule has 1 atom stereocenters. The highest BCUT2D eigenvalue weighted by atomic mass is 32.2. The van der Waals surface area contributed by atoms with Crippen LogP contribution >= 0.6 is 0 Å². The maximum atomic E-state index is 13.0. The third-order valence-electron chi connectivity index (χ3n) is 2.99. The molecule has 1 N–H and O–H groups in total. The highest BCUT2D eigenvalue weighted by Crippen LogP contribution is 2.42. The first-order valence-electron chi connectivity index (χ1n) is 5.93. The van der Waals surface area contributed by atoms with Gasteiger partial charge in [-0.2, -0.15) is 31.8 Å². The molecular formula is C10H13F3N4O3S. The van der Waals surface area contributed by atoms with Crippen molar-refractivity contribution in [3.05, 3.63) is 12.4 Å². The van der Waals surface area contributed by atoms with Crippen molar-refractivity contribution in [2.24, 2.45) is 5.10 Å². The highest BCUT2D eigenvalue weighted by Gasteiger charge is 2.64. The van der Waals surface area contributed by atoms with Crippen LogP contribution < -0.4 is 0 Å². The second kappa shape index (κ2) is 4.70. The van der Waals surface area contributed by atoms with Gasteiger partial charge in [-0.3, -0.25) is 4.68 Å². The highest BCUT2D eigenvalue weighted by molar-refractivity contribution is 7.89. The molecule has 0 radical (unpaired) electrons. The minimum Gasteiger partial charge on any atom is -0.361 e. The number of nitrogens with zero attached hydrogens (tertiary/aromatic N) is 4. The second-order valence-electron chi connectivity index (χ2n) is 4.61. The van der Waals surface area contributed by atoms with E-state index in [2.05, 4.69) is 10.2 Å². The Morgan fingerprint density at radius 1 is 1.48 bits per heavy atom. The molecule has 0 saturated heterocycles. The lowest BCUT2D eigenvalue weighted by Crippen LogP contribution is -2.56. The van der Waals surface area contributed by atoms with Gasteiger partial charge in [0.05, 0.1) is 6.20 Å². The summed E-state index contributed by atoms with van der Waals surface area (Å²) in [5.41, 5.74) is -3.72. The van der Waals surface area contributed by atoms with E-state index >= 15 is 0 Å². The minimum absolute atomic E-state index is 0.138. The summed E-state index contributed by atoms with van der Waals surface area (Å²) in [6.45, 7) is 3.25. The van der Waals surface area contributed by atoms with Crippen molar-refractivity contribution in [3.8, 4) is 0 Å². The third kappa shape index (κ3) is 2.39. The van der Waals surface area contributed by atoms with Gasteiger partial charge in [0.2, 0.25) is 0 Å². The van der Waals surface area contributed by atoms with Gasteiger partial charge >= 0.3 is 6.18 Å². The lowest BCUT2D eigenvalue weighted by atomic mass is 10.1. The van der Waals surface area contributed by atoms with Crippen LogP contribution in [0.3, 0.4) is 0 Å². The maximum absolute atomic E-state index is 13.0. The normalized spacial score (nSPS) is 23.5. The molecule has 2 heterocycles. The third-order valence-corrected chi connectivity index (χ3v) is 4.64. The van der Waals surface area contributed by atoms with Crippen molar-refractivity contribution in [1.29, 1.82) is 0 Å². The zero-order valence-electron chi connectivity index (χ0n) is 11.2. The van der Waals surface area contributed by atoms with Crippen LogP contribution in [0.2, 0.25) is 0 Å². The summed E-state index contributed by atoms with van der Waals surface area (Å²) in [6, 6.07) is 0. The molecule has 0 fully saturated rings. The number of rotatable bonds is 3. The molecule has 0 unspecified atom stereocenters. The van der Waals surface area contributed by atoms with E-state index in [1.165, 1.54) is 11.6 Å². The molecule has 1 aliphatic rings. The molecule has 0 aromatic carbocycles. The van der Waals surface area contributed by atoms with Crippen LogP contribution in [-0.2, 0) is 16.6 Å². The van der Waals surface area contributed by atoms with Crippen LogP contribution in [0.25, 0.3) is 0 Å². The van der Waals surface area contributed by atoms with Gasteiger partial charge in [0.1, 0.15) is 4.90 Å². The SMILES string of the molecule is CCn1cc(S(=O)(=O)N2N=C(C)C[C@]2(O)C(F)(F)F)cn1. The Bertz CT molecular complexity index is 682. The molecule has 11 heteroatoms. The van der Waals surface area contributed by atoms with Crippen molar-refractivity contribution < 1.29 is 26.7 Å². The first-order valence-corrected chi connectivity index (χ1v) is 7.37. The van der Waals surface area contributed by atoms with Crippen LogP contribution in [-0.4, -0.2) is 45.3 Å². The molecule has 1 aliphatic heterocycles. The molecular weight excluding hydrogens is 313 g/mol. The summed E-state index contributed by atoms with van der Waals surface area (Å²) < 4.78 is 64.6. The maximum Gasteiger partial charge on any atom is 0.439 e. The number of hydrazone groups is 1. The van der Waals surface area contributed by atoms with E-state index in [9.17, 15) is 26.7 Å². The van der Waals surface area contributed by atoms with E-state index < -0.39 is 33.2 Å². The van der Waals surface area contributed by atoms with E-state index in [0.717, 1.165) is 12.4 Å². The van der Waals surface area contributed by atoms with Gasteiger partial charge in [-0.15, -0.1) is 4.41 Å². The van der Waals surface area contributed by atoms with Crippen molar-refractivity contribution >= 4 is 15.7 Å². The van der Waals surface area contributed by atoms with Gasteiger partial charge < -0.3 is 5.11 Å². The van der Waals surface area contributed by atoms with E-state index in [1.54, 1.807) is 6.92 Å². The number of aliphatic hydroxyl groups is 1. The molecule has 1 aromatic heterocycles. The molecule has 0 saturated carbocycles. The Morgan fingerprint density at radius 3 is 2.57 bits per heavy atom. The van der Waals surface area contributed by atoms with Gasteiger partial charge in [-0.05, 0) is 13.8 Å². The molecule has 0 bridgehead atoms. The number of aryl methyl sites for hydroxylation is 1. The zero-order chi connectivity index (χ0) is 16.1. The Balaban J connectivity index is 2.51. The van der Waals surface area contributed by atoms with E-state index in [0.29, 0.717) is 6.54 Å². The fraction of sp³-hybridized carbons (Fsp3) is 0.600. The Hall–Kier alpha value is -1.62. The summed E-state index contributed by atoms with van der Waals surface area (Å²) in [4.78, 5) is -0.467. The molecule has 7 nitrogen and oxygen atoms in total. The lowest BCUT2D eigenvalue weighted by Gasteiger charge is -2.32. The Labute approximate surface area is 118 Å². The fourth-order valence-electron chi connectivity index (χ4n) is 1.91. The second-order valence-corrected chi connectivity index (χ2v) is 6.37. The van der Waals surface area contributed by atoms with Gasteiger partial charge in [-0.25, -0.2) is 0 Å². The average molecular weight is 326 g/mol. The van der Waals surface area contributed by atoms with Gasteiger partial charge in [0, 0.05) is 24.9 Å². The summed E-state index contributed by atoms with van der Waals surface area (Å²) in [5, 5.41) is 16.8. The van der Waals surface area contributed by atoms with Crippen LogP contribution in [0.5, 0.6) is 0 Å². The van der Waals surface area contributed by atoms with E-state index in [4.69, 9.17) is 0 Å². The average Bonchev–Trinajstić information content (AvgIpc) is 2.93. The lowest BCUT2D eigenvalue weighted by molar-refractivity contribution is -0.291. The van der Waals surface area contributed by atoms with Crippen LogP contribution in [0.1, 0.15) is 20.3 Å². The number of sulfonamides is 1.